The minimum absolute atomic E-state index is 0.757. The fourth-order valence-electron chi connectivity index (χ4n) is 5.50. The zero-order valence-corrected chi connectivity index (χ0v) is 19.0. The average Bonchev–Trinajstić information content (AvgIpc) is 2.77. The van der Waals surface area contributed by atoms with Gasteiger partial charge in [-0.25, -0.2) is 0 Å². The minimum atomic E-state index is 0.757. The summed E-state index contributed by atoms with van der Waals surface area (Å²) in [7, 11) is 0. The number of hydrogen-bond donors (Lipinski definition) is 0. The van der Waals surface area contributed by atoms with Crippen LogP contribution >= 0.6 is 0 Å². The standard InChI is InChI=1S/C29H42/c1-3-5-9-25-12-14-26(15-13-25)10-6-7-11-27-18-22-29(23-19-27)28-20-16-24(8-4-2)17-21-28/h6,10,18-19,22-26,28H,3-5,8-9,12-17,20-21H2,1-2H3/b10-6+. The predicted octanol–water partition coefficient (Wildman–Crippen LogP) is 8.66. The first-order valence-corrected chi connectivity index (χ1v) is 12.6. The van der Waals surface area contributed by atoms with Crippen molar-refractivity contribution in [2.45, 2.75) is 103 Å². The number of rotatable bonds is 7. The first-order valence-electron chi connectivity index (χ1n) is 12.6. The van der Waals surface area contributed by atoms with Gasteiger partial charge >= 0.3 is 0 Å². The Morgan fingerprint density at radius 2 is 1.45 bits per heavy atom. The zero-order valence-electron chi connectivity index (χ0n) is 19.0. The highest BCUT2D eigenvalue weighted by Crippen LogP contribution is 2.37. The van der Waals surface area contributed by atoms with E-state index >= 15 is 0 Å². The van der Waals surface area contributed by atoms with Gasteiger partial charge in [-0.1, -0.05) is 76.0 Å². The highest BCUT2D eigenvalue weighted by atomic mass is 14.3. The third-order valence-corrected chi connectivity index (χ3v) is 7.45. The summed E-state index contributed by atoms with van der Waals surface area (Å²) >= 11 is 0. The molecule has 0 N–H and O–H groups in total. The number of hydrogen-bond acceptors (Lipinski definition) is 0. The van der Waals surface area contributed by atoms with E-state index in [1.54, 1.807) is 0 Å². The van der Waals surface area contributed by atoms with Gasteiger partial charge in [-0.2, -0.15) is 0 Å². The molecule has 2 fully saturated rings. The highest BCUT2D eigenvalue weighted by Gasteiger charge is 2.21. The molecular formula is C29H42. The van der Waals surface area contributed by atoms with Crippen LogP contribution in [0.1, 0.15) is 114 Å². The van der Waals surface area contributed by atoms with Gasteiger partial charge in [-0.05, 0) is 98.8 Å². The first-order chi connectivity index (χ1) is 14.3. The molecule has 0 nitrogen and oxygen atoms in total. The molecule has 1 aromatic carbocycles. The normalized spacial score (nSPS) is 27.5. The van der Waals surface area contributed by atoms with Gasteiger partial charge in [0.1, 0.15) is 0 Å². The summed E-state index contributed by atoms with van der Waals surface area (Å²) in [4.78, 5) is 0. The van der Waals surface area contributed by atoms with Crippen molar-refractivity contribution in [3.05, 3.63) is 47.5 Å². The van der Waals surface area contributed by atoms with Gasteiger partial charge in [0.05, 0.1) is 0 Å². The molecule has 2 aliphatic carbocycles. The van der Waals surface area contributed by atoms with Crippen molar-refractivity contribution in [3.63, 3.8) is 0 Å². The summed E-state index contributed by atoms with van der Waals surface area (Å²) < 4.78 is 0. The van der Waals surface area contributed by atoms with Crippen molar-refractivity contribution in [1.82, 2.24) is 0 Å². The molecule has 2 saturated carbocycles. The van der Waals surface area contributed by atoms with Gasteiger partial charge in [0.25, 0.3) is 0 Å². The topological polar surface area (TPSA) is 0 Å². The maximum absolute atomic E-state index is 3.34. The van der Waals surface area contributed by atoms with E-state index in [2.05, 4.69) is 62.1 Å². The van der Waals surface area contributed by atoms with Crippen molar-refractivity contribution in [3.8, 4) is 11.8 Å². The summed E-state index contributed by atoms with van der Waals surface area (Å²) in [5, 5.41) is 0. The van der Waals surface area contributed by atoms with Gasteiger partial charge in [-0.15, -0.1) is 0 Å². The summed E-state index contributed by atoms with van der Waals surface area (Å²) in [6.07, 6.45) is 22.6. The van der Waals surface area contributed by atoms with Crippen LogP contribution in [0, 0.1) is 29.6 Å². The third-order valence-electron chi connectivity index (χ3n) is 7.45. The number of allylic oxidation sites excluding steroid dienone is 2. The van der Waals surface area contributed by atoms with Gasteiger partial charge in [0, 0.05) is 5.56 Å². The van der Waals surface area contributed by atoms with Crippen LogP contribution in [-0.2, 0) is 0 Å². The summed E-state index contributed by atoms with van der Waals surface area (Å²) in [6, 6.07) is 9.12. The molecule has 0 saturated heterocycles. The fourth-order valence-corrected chi connectivity index (χ4v) is 5.50. The fraction of sp³-hybridized carbons (Fsp3) is 0.655. The molecule has 0 radical (unpaired) electrons. The van der Waals surface area contributed by atoms with Crippen molar-refractivity contribution in [2.24, 2.45) is 17.8 Å². The Bertz CT molecular complexity index is 652. The van der Waals surface area contributed by atoms with Gasteiger partial charge in [-0.3, -0.25) is 0 Å². The second-order valence-corrected chi connectivity index (χ2v) is 9.68. The van der Waals surface area contributed by atoms with E-state index in [9.17, 15) is 0 Å². The van der Waals surface area contributed by atoms with Crippen LogP contribution in [0.25, 0.3) is 0 Å². The van der Waals surface area contributed by atoms with Crippen LogP contribution in [0.2, 0.25) is 0 Å². The van der Waals surface area contributed by atoms with Crippen LogP contribution in [0.3, 0.4) is 0 Å². The first kappa shape index (κ1) is 22.2. The molecule has 29 heavy (non-hydrogen) atoms. The Morgan fingerprint density at radius 1 is 0.793 bits per heavy atom. The Labute approximate surface area is 180 Å². The van der Waals surface area contributed by atoms with Gasteiger partial charge in [0.15, 0.2) is 0 Å². The van der Waals surface area contributed by atoms with Crippen LogP contribution in [-0.4, -0.2) is 0 Å². The lowest BCUT2D eigenvalue weighted by Crippen LogP contribution is -2.13. The van der Waals surface area contributed by atoms with E-state index in [1.165, 1.54) is 89.0 Å². The van der Waals surface area contributed by atoms with E-state index in [-0.39, 0.29) is 0 Å². The van der Waals surface area contributed by atoms with Crippen LogP contribution in [0.15, 0.2) is 36.4 Å². The lowest BCUT2D eigenvalue weighted by molar-refractivity contribution is 0.291. The van der Waals surface area contributed by atoms with Gasteiger partial charge in [0.2, 0.25) is 0 Å². The number of unbranched alkanes of at least 4 members (excludes halogenated alkanes) is 1. The lowest BCUT2D eigenvalue weighted by Gasteiger charge is -2.28. The molecule has 0 amide bonds. The second-order valence-electron chi connectivity index (χ2n) is 9.68. The minimum Gasteiger partial charge on any atom is -0.0730 e. The lowest BCUT2D eigenvalue weighted by atomic mass is 9.77. The molecule has 3 rings (SSSR count). The van der Waals surface area contributed by atoms with E-state index < -0.39 is 0 Å². The summed E-state index contributed by atoms with van der Waals surface area (Å²) in [5.41, 5.74) is 2.68. The smallest absolute Gasteiger partial charge is 0.0249 e. The monoisotopic (exact) mass is 390 g/mol. The van der Waals surface area contributed by atoms with Gasteiger partial charge < -0.3 is 0 Å². The molecule has 0 bridgehead atoms. The van der Waals surface area contributed by atoms with E-state index in [4.69, 9.17) is 0 Å². The Morgan fingerprint density at radius 3 is 2.10 bits per heavy atom. The quantitative estimate of drug-likeness (QED) is 0.408. The molecule has 0 aromatic heterocycles. The maximum Gasteiger partial charge on any atom is 0.0249 e. The van der Waals surface area contributed by atoms with Crippen LogP contribution in [0.5, 0.6) is 0 Å². The Hall–Kier alpha value is -1.48. The Balaban J connectivity index is 1.42. The summed E-state index contributed by atoms with van der Waals surface area (Å²) in [5.74, 6) is 10.1. The number of benzene rings is 1. The molecule has 0 atom stereocenters. The molecule has 0 aliphatic heterocycles. The molecule has 158 valence electrons. The molecule has 0 heteroatoms. The Kier molecular flexibility index (Phi) is 9.40. The van der Waals surface area contributed by atoms with Crippen molar-refractivity contribution in [1.29, 1.82) is 0 Å². The SMILES string of the molecule is CCCCC1CCC(/C=C/C#Cc2ccc(C3CCC(CCC)CC3)cc2)CC1. The third kappa shape index (κ3) is 7.37. The van der Waals surface area contributed by atoms with Crippen molar-refractivity contribution in [2.75, 3.05) is 0 Å². The molecule has 0 spiro atoms. The van der Waals surface area contributed by atoms with E-state index in [0.717, 1.165) is 29.2 Å². The molecular weight excluding hydrogens is 348 g/mol. The van der Waals surface area contributed by atoms with Crippen LogP contribution in [0.4, 0.5) is 0 Å². The second kappa shape index (κ2) is 12.3. The summed E-state index contributed by atoms with van der Waals surface area (Å²) in [6.45, 7) is 4.62. The van der Waals surface area contributed by atoms with E-state index in [1.807, 2.05) is 0 Å². The van der Waals surface area contributed by atoms with Crippen molar-refractivity contribution < 1.29 is 0 Å². The van der Waals surface area contributed by atoms with Crippen LogP contribution < -0.4 is 0 Å². The predicted molar refractivity (Wildman–Crippen MR) is 127 cm³/mol. The van der Waals surface area contributed by atoms with E-state index in [0.29, 0.717) is 0 Å². The molecule has 0 unspecified atom stereocenters. The molecule has 1 aromatic rings. The highest BCUT2D eigenvalue weighted by molar-refractivity contribution is 5.39. The molecule has 0 heterocycles. The average molecular weight is 391 g/mol. The van der Waals surface area contributed by atoms with Crippen molar-refractivity contribution >= 4 is 0 Å². The molecule has 2 aliphatic rings. The zero-order chi connectivity index (χ0) is 20.3. The maximum atomic E-state index is 3.34. The largest absolute Gasteiger partial charge is 0.0730 e.